The van der Waals surface area contributed by atoms with Gasteiger partial charge in [0.2, 0.25) is 0 Å². The normalized spacial score (nSPS) is 13.7. The summed E-state index contributed by atoms with van der Waals surface area (Å²) in [5.41, 5.74) is 8.58. The highest BCUT2D eigenvalue weighted by Crippen LogP contribution is 2.33. The zero-order chi connectivity index (χ0) is 13.5. The maximum Gasteiger partial charge on any atom is 0.133 e. The molecule has 0 aliphatic carbocycles. The molecule has 1 aromatic rings. The Kier molecular flexibility index (Phi) is 5.33. The highest BCUT2D eigenvalue weighted by Gasteiger charge is 2.13. The molecule has 0 spiro atoms. The second kappa shape index (κ2) is 6.77. The van der Waals surface area contributed by atoms with Crippen LogP contribution in [0, 0.1) is 0 Å². The van der Waals surface area contributed by atoms with E-state index < -0.39 is 0 Å². The fraction of sp³-hybridized carbons (Fsp3) is 0.267. The lowest BCUT2D eigenvalue weighted by molar-refractivity contribution is 0.405. The number of methoxy groups -OCH3 is 1. The summed E-state index contributed by atoms with van der Waals surface area (Å²) in [5.74, 6) is 0.760. The van der Waals surface area contributed by atoms with Gasteiger partial charge >= 0.3 is 0 Å². The first-order valence-electron chi connectivity index (χ1n) is 5.88. The van der Waals surface area contributed by atoms with Crippen LogP contribution >= 0.6 is 0 Å². The summed E-state index contributed by atoms with van der Waals surface area (Å²) in [5, 5.41) is 0. The number of nitrogens with two attached hydrogens (primary N) is 1. The number of rotatable bonds is 5. The van der Waals surface area contributed by atoms with Crippen molar-refractivity contribution in [3.8, 4) is 5.75 Å². The molecule has 18 heavy (non-hydrogen) atoms. The van der Waals surface area contributed by atoms with Gasteiger partial charge in [-0.1, -0.05) is 24.3 Å². The smallest absolute Gasteiger partial charge is 0.133 e. The first kappa shape index (κ1) is 14.2. The third-order valence-corrected chi connectivity index (χ3v) is 2.63. The number of nitrogens with zero attached hydrogens (tertiary/aromatic N) is 1. The largest absolute Gasteiger partial charge is 0.496 e. The molecule has 0 amide bonds. The molecule has 1 atom stereocenters. The van der Waals surface area contributed by atoms with Gasteiger partial charge in [-0.3, -0.25) is 4.99 Å². The number of hydrogen-bond acceptors (Lipinski definition) is 3. The van der Waals surface area contributed by atoms with E-state index in [4.69, 9.17) is 10.5 Å². The van der Waals surface area contributed by atoms with E-state index in [1.165, 1.54) is 0 Å². The van der Waals surface area contributed by atoms with Gasteiger partial charge < -0.3 is 10.5 Å². The number of ether oxygens (including phenoxy) is 1. The summed E-state index contributed by atoms with van der Waals surface area (Å²) >= 11 is 0. The van der Waals surface area contributed by atoms with Crippen molar-refractivity contribution in [1.29, 1.82) is 0 Å². The Labute approximate surface area is 109 Å². The van der Waals surface area contributed by atoms with Gasteiger partial charge in [-0.25, -0.2) is 0 Å². The third kappa shape index (κ3) is 3.08. The van der Waals surface area contributed by atoms with E-state index in [0.717, 1.165) is 22.6 Å². The van der Waals surface area contributed by atoms with Crippen molar-refractivity contribution in [2.75, 3.05) is 7.11 Å². The Balaban J connectivity index is 3.39. The molecule has 3 heteroatoms. The molecule has 1 rings (SSSR count). The Morgan fingerprint density at radius 3 is 2.72 bits per heavy atom. The molecule has 0 heterocycles. The van der Waals surface area contributed by atoms with Crippen LogP contribution in [-0.4, -0.2) is 13.8 Å². The Morgan fingerprint density at radius 2 is 2.22 bits per heavy atom. The minimum absolute atomic E-state index is 0.0901. The Hall–Kier alpha value is -1.87. The van der Waals surface area contributed by atoms with Crippen molar-refractivity contribution in [1.82, 2.24) is 0 Å². The highest BCUT2D eigenvalue weighted by molar-refractivity contribution is 5.74. The average molecular weight is 244 g/mol. The molecule has 0 fully saturated rings. The van der Waals surface area contributed by atoms with Crippen LogP contribution in [0.2, 0.25) is 0 Å². The number of hydrogen-bond donors (Lipinski definition) is 1. The molecule has 3 nitrogen and oxygen atoms in total. The minimum atomic E-state index is -0.0901. The SMILES string of the molecule is C=N/C(=C\C=C/C)c1cccc(C(C)N)c1OC. The summed E-state index contributed by atoms with van der Waals surface area (Å²) < 4.78 is 5.47. The number of benzene rings is 1. The second-order valence-electron chi connectivity index (χ2n) is 3.95. The number of aliphatic imine (C=N–C) groups is 1. The first-order chi connectivity index (χ1) is 8.65. The van der Waals surface area contributed by atoms with Crippen LogP contribution in [0.4, 0.5) is 0 Å². The molecule has 0 saturated carbocycles. The van der Waals surface area contributed by atoms with Crippen LogP contribution < -0.4 is 10.5 Å². The van der Waals surface area contributed by atoms with E-state index in [9.17, 15) is 0 Å². The summed E-state index contributed by atoms with van der Waals surface area (Å²) in [4.78, 5) is 4.04. The van der Waals surface area contributed by atoms with Gasteiger partial charge in [0.1, 0.15) is 5.75 Å². The van der Waals surface area contributed by atoms with Crippen molar-refractivity contribution in [3.05, 3.63) is 47.6 Å². The van der Waals surface area contributed by atoms with E-state index in [0.29, 0.717) is 0 Å². The first-order valence-corrected chi connectivity index (χ1v) is 5.88. The summed E-state index contributed by atoms with van der Waals surface area (Å²) in [6, 6.07) is 5.77. The summed E-state index contributed by atoms with van der Waals surface area (Å²) in [6.07, 6.45) is 5.75. The predicted octanol–water partition coefficient (Wildman–Crippen LogP) is 3.33. The molecule has 0 aromatic heterocycles. The molecule has 1 aromatic carbocycles. The fourth-order valence-corrected chi connectivity index (χ4v) is 1.76. The minimum Gasteiger partial charge on any atom is -0.496 e. The molecule has 0 radical (unpaired) electrons. The van der Waals surface area contributed by atoms with Gasteiger partial charge in [0.25, 0.3) is 0 Å². The van der Waals surface area contributed by atoms with Crippen LogP contribution in [0.1, 0.15) is 31.0 Å². The van der Waals surface area contributed by atoms with Crippen LogP contribution in [0.5, 0.6) is 5.75 Å². The molecular weight excluding hydrogens is 224 g/mol. The monoisotopic (exact) mass is 244 g/mol. The van der Waals surface area contributed by atoms with Gasteiger partial charge in [0.05, 0.1) is 12.8 Å². The van der Waals surface area contributed by atoms with Crippen molar-refractivity contribution in [3.63, 3.8) is 0 Å². The summed E-state index contributed by atoms with van der Waals surface area (Å²) in [7, 11) is 1.64. The van der Waals surface area contributed by atoms with Gasteiger partial charge in [0, 0.05) is 17.2 Å². The lowest BCUT2D eigenvalue weighted by Gasteiger charge is -2.15. The molecule has 0 bridgehead atoms. The lowest BCUT2D eigenvalue weighted by Crippen LogP contribution is -2.08. The van der Waals surface area contributed by atoms with Gasteiger partial charge in [0.15, 0.2) is 0 Å². The van der Waals surface area contributed by atoms with Crippen molar-refractivity contribution < 1.29 is 4.74 Å². The average Bonchev–Trinajstić information content (AvgIpc) is 2.39. The quantitative estimate of drug-likeness (QED) is 0.638. The van der Waals surface area contributed by atoms with Crippen LogP contribution in [0.15, 0.2) is 41.4 Å². The van der Waals surface area contributed by atoms with Crippen LogP contribution in [0.25, 0.3) is 5.70 Å². The number of para-hydroxylation sites is 1. The van der Waals surface area contributed by atoms with E-state index in [2.05, 4.69) is 11.7 Å². The fourth-order valence-electron chi connectivity index (χ4n) is 1.76. The second-order valence-corrected chi connectivity index (χ2v) is 3.95. The van der Waals surface area contributed by atoms with Crippen LogP contribution in [-0.2, 0) is 0 Å². The Bertz CT molecular complexity index is 473. The highest BCUT2D eigenvalue weighted by atomic mass is 16.5. The third-order valence-electron chi connectivity index (χ3n) is 2.63. The maximum absolute atomic E-state index is 5.94. The van der Waals surface area contributed by atoms with E-state index in [1.54, 1.807) is 7.11 Å². The number of allylic oxidation sites excluding steroid dienone is 3. The lowest BCUT2D eigenvalue weighted by atomic mass is 10.0. The molecular formula is C15H20N2O. The zero-order valence-electron chi connectivity index (χ0n) is 11.2. The maximum atomic E-state index is 5.94. The topological polar surface area (TPSA) is 47.6 Å². The predicted molar refractivity (Wildman–Crippen MR) is 77.9 cm³/mol. The van der Waals surface area contributed by atoms with Crippen molar-refractivity contribution in [2.45, 2.75) is 19.9 Å². The molecule has 0 aliphatic rings. The van der Waals surface area contributed by atoms with Gasteiger partial charge in [-0.05, 0) is 32.7 Å². The molecule has 0 saturated heterocycles. The van der Waals surface area contributed by atoms with E-state index in [-0.39, 0.29) is 6.04 Å². The van der Waals surface area contributed by atoms with Crippen molar-refractivity contribution >= 4 is 12.4 Å². The van der Waals surface area contributed by atoms with Crippen LogP contribution in [0.3, 0.4) is 0 Å². The van der Waals surface area contributed by atoms with Gasteiger partial charge in [-0.2, -0.15) is 0 Å². The van der Waals surface area contributed by atoms with E-state index in [1.807, 2.05) is 50.3 Å². The van der Waals surface area contributed by atoms with E-state index >= 15 is 0 Å². The molecule has 2 N–H and O–H groups in total. The van der Waals surface area contributed by atoms with Crippen molar-refractivity contribution in [2.24, 2.45) is 10.7 Å². The van der Waals surface area contributed by atoms with Gasteiger partial charge in [-0.15, -0.1) is 0 Å². The standard InChI is InChI=1S/C15H20N2O/c1-5-6-10-14(17-3)13-9-7-8-12(11(2)16)15(13)18-4/h5-11H,3,16H2,1-2,4H3/b6-5-,14-10-. The molecule has 0 aliphatic heterocycles. The molecule has 96 valence electrons. The molecule has 1 unspecified atom stereocenters. The summed E-state index contributed by atoms with van der Waals surface area (Å²) in [6.45, 7) is 7.48. The zero-order valence-corrected chi connectivity index (χ0v) is 11.2. The Morgan fingerprint density at radius 1 is 1.50 bits per heavy atom.